The first-order valence-corrected chi connectivity index (χ1v) is 8.28. The number of rotatable bonds is 4. The molecule has 0 radical (unpaired) electrons. The second-order valence-corrected chi connectivity index (χ2v) is 5.79. The lowest BCUT2D eigenvalue weighted by Crippen LogP contribution is -2.30. The van der Waals surface area contributed by atoms with Crippen LogP contribution in [0.15, 0.2) is 42.6 Å². The van der Waals surface area contributed by atoms with E-state index >= 15 is 0 Å². The van der Waals surface area contributed by atoms with Crippen molar-refractivity contribution in [3.05, 3.63) is 53.9 Å². The van der Waals surface area contributed by atoms with Crippen LogP contribution < -0.4 is 9.47 Å². The normalized spacial score (nSPS) is 12.9. The van der Waals surface area contributed by atoms with Crippen molar-refractivity contribution in [3.63, 3.8) is 0 Å². The van der Waals surface area contributed by atoms with Gasteiger partial charge in [0.15, 0.2) is 11.5 Å². The Morgan fingerprint density at radius 1 is 1.28 bits per heavy atom. The topological polar surface area (TPSA) is 51.7 Å². The van der Waals surface area contributed by atoms with Crippen molar-refractivity contribution in [1.29, 1.82) is 0 Å². The zero-order chi connectivity index (χ0) is 17.6. The summed E-state index contributed by atoms with van der Waals surface area (Å²) in [6.45, 7) is 2.31. The number of ether oxygens (including phenoxy) is 2. The lowest BCUT2D eigenvalue weighted by Gasteiger charge is -2.25. The standard InChI is InChI=1S/C20H20N2O3/c1-3-6-17(16-7-4-5-12-21-16)22(2)20(23)11-9-15-8-10-18-19(13-15)25-14-24-18/h4-5,7-8,10,12-13,17H,3,6,14H2,1-2H3. The molecule has 2 aromatic rings. The minimum absolute atomic E-state index is 0.0789. The first kappa shape index (κ1) is 16.8. The molecule has 0 saturated heterocycles. The minimum atomic E-state index is -0.234. The molecule has 1 aromatic heterocycles. The Bertz CT molecular complexity index is 809. The van der Waals surface area contributed by atoms with E-state index in [1.54, 1.807) is 30.3 Å². The number of benzene rings is 1. The fourth-order valence-electron chi connectivity index (χ4n) is 2.72. The van der Waals surface area contributed by atoms with Gasteiger partial charge in [-0.15, -0.1) is 0 Å². The van der Waals surface area contributed by atoms with Crippen LogP contribution in [-0.2, 0) is 4.79 Å². The van der Waals surface area contributed by atoms with Crippen LogP contribution in [0.25, 0.3) is 0 Å². The van der Waals surface area contributed by atoms with Crippen molar-refractivity contribution in [2.75, 3.05) is 13.8 Å². The number of hydrogen-bond donors (Lipinski definition) is 0. The van der Waals surface area contributed by atoms with Gasteiger partial charge in [0.25, 0.3) is 5.91 Å². The summed E-state index contributed by atoms with van der Waals surface area (Å²) < 4.78 is 10.6. The summed E-state index contributed by atoms with van der Waals surface area (Å²) in [6.07, 6.45) is 3.54. The van der Waals surface area contributed by atoms with Gasteiger partial charge in [0.1, 0.15) is 0 Å². The predicted molar refractivity (Wildman–Crippen MR) is 94.1 cm³/mol. The number of aromatic nitrogens is 1. The third-order valence-electron chi connectivity index (χ3n) is 4.07. The van der Waals surface area contributed by atoms with Gasteiger partial charge >= 0.3 is 0 Å². The van der Waals surface area contributed by atoms with Gasteiger partial charge in [0, 0.05) is 24.7 Å². The zero-order valence-electron chi connectivity index (χ0n) is 14.4. The van der Waals surface area contributed by atoms with E-state index in [0.717, 1.165) is 24.1 Å². The molecule has 25 heavy (non-hydrogen) atoms. The number of carbonyl (C=O) groups excluding carboxylic acids is 1. The summed E-state index contributed by atoms with van der Waals surface area (Å²) in [5.74, 6) is 6.74. The van der Waals surface area contributed by atoms with Gasteiger partial charge in [-0.05, 0) is 36.8 Å². The van der Waals surface area contributed by atoms with Crippen molar-refractivity contribution in [3.8, 4) is 23.3 Å². The molecule has 1 unspecified atom stereocenters. The third kappa shape index (κ3) is 3.92. The number of fused-ring (bicyclic) bond motifs is 1. The Balaban J connectivity index is 1.75. The van der Waals surface area contributed by atoms with E-state index in [0.29, 0.717) is 11.5 Å². The first-order valence-electron chi connectivity index (χ1n) is 8.28. The lowest BCUT2D eigenvalue weighted by atomic mass is 10.1. The molecule has 2 heterocycles. The fraction of sp³-hybridized carbons (Fsp3) is 0.300. The van der Waals surface area contributed by atoms with Crippen molar-refractivity contribution < 1.29 is 14.3 Å². The molecule has 1 amide bonds. The van der Waals surface area contributed by atoms with Crippen molar-refractivity contribution in [2.24, 2.45) is 0 Å². The number of hydrogen-bond acceptors (Lipinski definition) is 4. The van der Waals surface area contributed by atoms with Crippen LogP contribution in [0.3, 0.4) is 0 Å². The maximum Gasteiger partial charge on any atom is 0.299 e. The molecule has 0 spiro atoms. The van der Waals surface area contributed by atoms with E-state index in [9.17, 15) is 4.79 Å². The van der Waals surface area contributed by atoms with Crippen LogP contribution in [0.4, 0.5) is 0 Å². The number of amides is 1. The van der Waals surface area contributed by atoms with E-state index in [2.05, 4.69) is 23.7 Å². The van der Waals surface area contributed by atoms with Crippen molar-refractivity contribution in [2.45, 2.75) is 25.8 Å². The highest BCUT2D eigenvalue weighted by molar-refractivity contribution is 5.94. The van der Waals surface area contributed by atoms with Crippen LogP contribution in [0.1, 0.15) is 37.1 Å². The molecule has 0 N–H and O–H groups in total. The Labute approximate surface area is 147 Å². The van der Waals surface area contributed by atoms with E-state index in [-0.39, 0.29) is 18.7 Å². The molecule has 5 heteroatoms. The first-order chi connectivity index (χ1) is 12.2. The Hall–Kier alpha value is -3.00. The van der Waals surface area contributed by atoms with Gasteiger partial charge in [-0.25, -0.2) is 0 Å². The van der Waals surface area contributed by atoms with Crippen molar-refractivity contribution in [1.82, 2.24) is 9.88 Å². The largest absolute Gasteiger partial charge is 0.454 e. The molecule has 128 valence electrons. The maximum absolute atomic E-state index is 12.5. The monoisotopic (exact) mass is 336 g/mol. The molecule has 0 saturated carbocycles. The molecule has 0 aliphatic carbocycles. The smallest absolute Gasteiger partial charge is 0.299 e. The third-order valence-corrected chi connectivity index (χ3v) is 4.07. The molecule has 1 aliphatic heterocycles. The highest BCUT2D eigenvalue weighted by Gasteiger charge is 2.20. The Morgan fingerprint density at radius 3 is 2.88 bits per heavy atom. The SMILES string of the molecule is CCCC(c1ccccn1)N(C)C(=O)C#Cc1ccc2c(c1)OCO2. The summed E-state index contributed by atoms with van der Waals surface area (Å²) in [5, 5.41) is 0. The molecule has 1 aliphatic rings. The molecular weight excluding hydrogens is 316 g/mol. The fourth-order valence-corrected chi connectivity index (χ4v) is 2.72. The second-order valence-electron chi connectivity index (χ2n) is 5.79. The van der Waals surface area contributed by atoms with Crippen molar-refractivity contribution >= 4 is 5.91 Å². The molecule has 1 atom stereocenters. The van der Waals surface area contributed by atoms with E-state index in [1.165, 1.54) is 0 Å². The molecule has 0 bridgehead atoms. The molecule has 0 fully saturated rings. The van der Waals surface area contributed by atoms with Gasteiger partial charge in [0.05, 0.1) is 11.7 Å². The summed E-state index contributed by atoms with van der Waals surface area (Å²) in [6, 6.07) is 11.1. The van der Waals surface area contributed by atoms with Gasteiger partial charge in [-0.2, -0.15) is 0 Å². The summed E-state index contributed by atoms with van der Waals surface area (Å²) in [5.41, 5.74) is 1.60. The van der Waals surface area contributed by atoms with Gasteiger partial charge in [0.2, 0.25) is 6.79 Å². The summed E-state index contributed by atoms with van der Waals surface area (Å²) in [4.78, 5) is 18.6. The average molecular weight is 336 g/mol. The van der Waals surface area contributed by atoms with Crippen LogP contribution in [0.5, 0.6) is 11.5 Å². The van der Waals surface area contributed by atoms with Gasteiger partial charge < -0.3 is 14.4 Å². The quantitative estimate of drug-likeness (QED) is 0.805. The lowest BCUT2D eigenvalue weighted by molar-refractivity contribution is -0.126. The Kier molecular flexibility index (Phi) is 5.20. The Morgan fingerprint density at radius 2 is 2.12 bits per heavy atom. The van der Waals surface area contributed by atoms with E-state index < -0.39 is 0 Å². The maximum atomic E-state index is 12.5. The van der Waals surface area contributed by atoms with Gasteiger partial charge in [-0.3, -0.25) is 9.78 Å². The van der Waals surface area contributed by atoms with Crippen LogP contribution >= 0.6 is 0 Å². The zero-order valence-corrected chi connectivity index (χ0v) is 14.4. The van der Waals surface area contributed by atoms with Crippen LogP contribution in [0.2, 0.25) is 0 Å². The number of nitrogens with zero attached hydrogens (tertiary/aromatic N) is 2. The average Bonchev–Trinajstić information content (AvgIpc) is 3.12. The van der Waals surface area contributed by atoms with E-state index in [4.69, 9.17) is 9.47 Å². The van der Waals surface area contributed by atoms with Crippen LogP contribution in [0, 0.1) is 11.8 Å². The highest BCUT2D eigenvalue weighted by atomic mass is 16.7. The summed E-state index contributed by atoms with van der Waals surface area (Å²) in [7, 11) is 1.77. The summed E-state index contributed by atoms with van der Waals surface area (Å²) >= 11 is 0. The number of carbonyl (C=O) groups is 1. The molecule has 5 nitrogen and oxygen atoms in total. The van der Waals surface area contributed by atoms with Crippen LogP contribution in [-0.4, -0.2) is 29.6 Å². The molecule has 3 rings (SSSR count). The number of pyridine rings is 1. The molecule has 1 aromatic carbocycles. The highest BCUT2D eigenvalue weighted by Crippen LogP contribution is 2.32. The van der Waals surface area contributed by atoms with E-state index in [1.807, 2.05) is 24.3 Å². The predicted octanol–water partition coefficient (Wildman–Crippen LogP) is 3.16. The molecular formula is C20H20N2O3. The van der Waals surface area contributed by atoms with Gasteiger partial charge in [-0.1, -0.05) is 25.3 Å². The second kappa shape index (κ2) is 7.71. The minimum Gasteiger partial charge on any atom is -0.454 e.